The summed E-state index contributed by atoms with van der Waals surface area (Å²) in [7, 11) is 5.74. The molecule has 0 radical (unpaired) electrons. The van der Waals surface area contributed by atoms with Crippen LogP contribution < -0.4 is 10.1 Å². The number of hydrogen-bond acceptors (Lipinski definition) is 5. The van der Waals surface area contributed by atoms with Gasteiger partial charge < -0.3 is 24.3 Å². The van der Waals surface area contributed by atoms with Gasteiger partial charge in [0, 0.05) is 39.7 Å². The zero-order chi connectivity index (χ0) is 20.6. The molecule has 166 valence electrons. The van der Waals surface area contributed by atoms with E-state index in [1.807, 2.05) is 30.7 Å². The third kappa shape index (κ3) is 6.83. The number of methoxy groups -OCH3 is 1. The first-order chi connectivity index (χ1) is 14.1. The van der Waals surface area contributed by atoms with Crippen LogP contribution in [0.1, 0.15) is 23.6 Å². The normalized spacial score (nSPS) is 16.3. The van der Waals surface area contributed by atoms with Crippen molar-refractivity contribution in [1.82, 2.24) is 25.0 Å². The van der Waals surface area contributed by atoms with Gasteiger partial charge in [-0.15, -0.1) is 34.2 Å². The molecular formula is C21H33IN6O2. The second-order valence-corrected chi connectivity index (χ2v) is 7.50. The van der Waals surface area contributed by atoms with Crippen LogP contribution in [-0.4, -0.2) is 66.1 Å². The third-order valence-electron chi connectivity index (χ3n) is 5.33. The van der Waals surface area contributed by atoms with E-state index in [-0.39, 0.29) is 24.0 Å². The molecule has 2 heterocycles. The molecule has 1 saturated heterocycles. The van der Waals surface area contributed by atoms with E-state index >= 15 is 0 Å². The number of aliphatic imine (C=N–C) groups is 1. The lowest BCUT2D eigenvalue weighted by molar-refractivity contribution is 0.181. The number of rotatable bonds is 8. The number of nitrogens with one attached hydrogen (secondary N) is 1. The number of ether oxygens (including phenoxy) is 2. The van der Waals surface area contributed by atoms with Crippen LogP contribution >= 0.6 is 24.0 Å². The van der Waals surface area contributed by atoms with E-state index in [1.54, 1.807) is 7.11 Å². The molecule has 0 saturated carbocycles. The maximum Gasteiger partial charge on any atom is 0.194 e. The molecule has 30 heavy (non-hydrogen) atoms. The van der Waals surface area contributed by atoms with Crippen LogP contribution in [0.25, 0.3) is 0 Å². The van der Waals surface area contributed by atoms with Crippen LogP contribution in [0.4, 0.5) is 0 Å². The van der Waals surface area contributed by atoms with E-state index in [2.05, 4.69) is 39.6 Å². The lowest BCUT2D eigenvalue weighted by Crippen LogP contribution is -2.42. The minimum absolute atomic E-state index is 0. The van der Waals surface area contributed by atoms with Gasteiger partial charge in [-0.2, -0.15) is 0 Å². The molecule has 0 bridgehead atoms. The third-order valence-corrected chi connectivity index (χ3v) is 5.33. The van der Waals surface area contributed by atoms with E-state index in [1.165, 1.54) is 5.56 Å². The highest BCUT2D eigenvalue weighted by Crippen LogP contribution is 2.14. The van der Waals surface area contributed by atoms with Crippen molar-refractivity contribution in [1.29, 1.82) is 0 Å². The van der Waals surface area contributed by atoms with Crippen molar-refractivity contribution in [2.75, 3.05) is 40.5 Å². The van der Waals surface area contributed by atoms with Gasteiger partial charge in [0.05, 0.1) is 13.7 Å². The molecule has 8 nitrogen and oxygen atoms in total. The van der Waals surface area contributed by atoms with Gasteiger partial charge in [0.25, 0.3) is 0 Å². The Bertz CT molecular complexity index is 802. The minimum Gasteiger partial charge on any atom is -0.497 e. The maximum absolute atomic E-state index is 5.52. The Labute approximate surface area is 196 Å². The molecule has 2 aromatic rings. The molecule has 0 aliphatic carbocycles. The Kier molecular flexibility index (Phi) is 9.83. The van der Waals surface area contributed by atoms with Gasteiger partial charge in [0.1, 0.15) is 18.1 Å². The van der Waals surface area contributed by atoms with Gasteiger partial charge in [-0.25, -0.2) is 4.99 Å². The van der Waals surface area contributed by atoms with E-state index < -0.39 is 0 Å². The summed E-state index contributed by atoms with van der Waals surface area (Å²) in [4.78, 5) is 7.01. The number of aryl methyl sites for hydroxylation is 1. The molecule has 1 aliphatic heterocycles. The molecule has 1 aliphatic rings. The topological polar surface area (TPSA) is 76.8 Å². The monoisotopic (exact) mass is 528 g/mol. The van der Waals surface area contributed by atoms with Gasteiger partial charge in [0.2, 0.25) is 0 Å². The molecular weight excluding hydrogens is 495 g/mol. The summed E-state index contributed by atoms with van der Waals surface area (Å²) in [6, 6.07) is 8.18. The fraction of sp³-hybridized carbons (Fsp3) is 0.571. The number of halogens is 1. The summed E-state index contributed by atoms with van der Waals surface area (Å²) in [6.07, 6.45) is 2.01. The van der Waals surface area contributed by atoms with E-state index in [0.29, 0.717) is 12.5 Å². The first-order valence-electron chi connectivity index (χ1n) is 10.1. The first kappa shape index (κ1) is 24.4. The Hall–Kier alpha value is -1.88. The fourth-order valence-electron chi connectivity index (χ4n) is 3.36. The molecule has 9 heteroatoms. The molecule has 1 N–H and O–H groups in total. The van der Waals surface area contributed by atoms with Crippen molar-refractivity contribution < 1.29 is 9.47 Å². The van der Waals surface area contributed by atoms with Gasteiger partial charge in [-0.1, -0.05) is 12.1 Å². The number of aromatic nitrogens is 3. The lowest BCUT2D eigenvalue weighted by Gasteiger charge is -2.25. The maximum atomic E-state index is 5.52. The summed E-state index contributed by atoms with van der Waals surface area (Å²) < 4.78 is 12.7. The first-order valence-corrected chi connectivity index (χ1v) is 10.1. The van der Waals surface area contributed by atoms with E-state index in [9.17, 15) is 0 Å². The van der Waals surface area contributed by atoms with Crippen LogP contribution in [0.15, 0.2) is 29.3 Å². The molecule has 3 rings (SSSR count). The van der Waals surface area contributed by atoms with Crippen LogP contribution in [0.5, 0.6) is 5.75 Å². The van der Waals surface area contributed by atoms with Crippen molar-refractivity contribution in [2.24, 2.45) is 18.0 Å². The van der Waals surface area contributed by atoms with Crippen molar-refractivity contribution in [3.63, 3.8) is 0 Å². The molecule has 1 atom stereocenters. The van der Waals surface area contributed by atoms with Crippen LogP contribution in [0.3, 0.4) is 0 Å². The minimum atomic E-state index is 0. The zero-order valence-electron chi connectivity index (χ0n) is 18.3. The van der Waals surface area contributed by atoms with Crippen LogP contribution in [0, 0.1) is 12.8 Å². The standard InChI is InChI=1S/C21H32N6O2.HI/c1-16-24-25-20(27(16)3)13-23-21(26(2)14-18-10-12-29-15-18)22-11-9-17-5-7-19(28-4)8-6-17;/h5-8,18H,9-15H2,1-4H3,(H,22,23);1H. The number of nitrogens with zero attached hydrogens (tertiary/aromatic N) is 5. The largest absolute Gasteiger partial charge is 0.497 e. The Morgan fingerprint density at radius 1 is 1.33 bits per heavy atom. The van der Waals surface area contributed by atoms with Crippen molar-refractivity contribution in [3.8, 4) is 5.75 Å². The summed E-state index contributed by atoms with van der Waals surface area (Å²) in [5.74, 6) is 4.05. The quantitative estimate of drug-likeness (QED) is 0.322. The van der Waals surface area contributed by atoms with Crippen molar-refractivity contribution in [2.45, 2.75) is 26.3 Å². The SMILES string of the molecule is COc1ccc(CCNC(=NCc2nnc(C)n2C)N(C)CC2CCOC2)cc1.I. The van der Waals surface area contributed by atoms with Gasteiger partial charge >= 0.3 is 0 Å². The summed E-state index contributed by atoms with van der Waals surface area (Å²) >= 11 is 0. The molecule has 1 aromatic carbocycles. The molecule has 1 fully saturated rings. The van der Waals surface area contributed by atoms with Crippen molar-refractivity contribution >= 4 is 29.9 Å². The lowest BCUT2D eigenvalue weighted by atomic mass is 10.1. The van der Waals surface area contributed by atoms with Crippen LogP contribution in [-0.2, 0) is 24.8 Å². The number of benzene rings is 1. The second kappa shape index (κ2) is 12.1. The number of hydrogen-bond donors (Lipinski definition) is 1. The van der Waals surface area contributed by atoms with Gasteiger partial charge in [0.15, 0.2) is 11.8 Å². The fourth-order valence-corrected chi connectivity index (χ4v) is 3.36. The highest BCUT2D eigenvalue weighted by molar-refractivity contribution is 14.0. The van der Waals surface area contributed by atoms with Gasteiger partial charge in [-0.3, -0.25) is 0 Å². The Morgan fingerprint density at radius 2 is 2.10 bits per heavy atom. The average molecular weight is 528 g/mol. The summed E-state index contributed by atoms with van der Waals surface area (Å²) in [5.41, 5.74) is 1.26. The van der Waals surface area contributed by atoms with Crippen LogP contribution in [0.2, 0.25) is 0 Å². The van der Waals surface area contributed by atoms with E-state index in [4.69, 9.17) is 14.5 Å². The second-order valence-electron chi connectivity index (χ2n) is 7.50. The van der Waals surface area contributed by atoms with E-state index in [0.717, 1.165) is 62.5 Å². The smallest absolute Gasteiger partial charge is 0.194 e. The Morgan fingerprint density at radius 3 is 2.70 bits per heavy atom. The van der Waals surface area contributed by atoms with Gasteiger partial charge in [-0.05, 0) is 37.5 Å². The summed E-state index contributed by atoms with van der Waals surface area (Å²) in [5, 5.41) is 11.9. The highest BCUT2D eigenvalue weighted by atomic mass is 127. The molecule has 1 unspecified atom stereocenters. The molecule has 0 spiro atoms. The number of guanidine groups is 1. The predicted molar refractivity (Wildman–Crippen MR) is 129 cm³/mol. The Balaban J connectivity index is 0.00000320. The predicted octanol–water partition coefficient (Wildman–Crippen LogP) is 2.41. The zero-order valence-corrected chi connectivity index (χ0v) is 20.6. The molecule has 1 aromatic heterocycles. The summed E-state index contributed by atoms with van der Waals surface area (Å²) in [6.45, 7) is 5.84. The highest BCUT2D eigenvalue weighted by Gasteiger charge is 2.19. The average Bonchev–Trinajstić information content (AvgIpc) is 3.35. The molecule has 0 amide bonds. The van der Waals surface area contributed by atoms with Crippen molar-refractivity contribution in [3.05, 3.63) is 41.5 Å².